The Morgan fingerprint density at radius 1 is 1.10 bits per heavy atom. The Labute approximate surface area is 191 Å². The number of carbonyl (C=O) groups excluding carboxylic acids is 2. The molecule has 30 heavy (non-hydrogen) atoms. The molecular weight excluding hydrogens is 460 g/mol. The summed E-state index contributed by atoms with van der Waals surface area (Å²) < 4.78 is 6.04. The van der Waals surface area contributed by atoms with Crippen LogP contribution in [-0.4, -0.2) is 21.1 Å². The number of nitrogens with zero attached hydrogens (tertiary/aromatic N) is 1. The van der Waals surface area contributed by atoms with Crippen LogP contribution in [0.4, 0.5) is 0 Å². The summed E-state index contributed by atoms with van der Waals surface area (Å²) in [5, 5.41) is 2.42. The van der Waals surface area contributed by atoms with Crippen molar-refractivity contribution in [3.8, 4) is 0 Å². The first kappa shape index (κ1) is 20.7. The van der Waals surface area contributed by atoms with Gasteiger partial charge in [-0.1, -0.05) is 53.3 Å². The first-order valence-corrected chi connectivity index (χ1v) is 11.1. The van der Waals surface area contributed by atoms with Gasteiger partial charge in [0.2, 0.25) is 0 Å². The molecule has 0 bridgehead atoms. The van der Waals surface area contributed by atoms with Gasteiger partial charge in [-0.3, -0.25) is 15.0 Å². The number of halogens is 1. The van der Waals surface area contributed by atoms with E-state index in [0.29, 0.717) is 26.3 Å². The molecule has 0 unspecified atom stereocenters. The van der Waals surface area contributed by atoms with Crippen LogP contribution in [0, 0.1) is 0 Å². The summed E-state index contributed by atoms with van der Waals surface area (Å²) >= 11 is 13.7. The molecule has 1 fully saturated rings. The number of hydrogen-bond donors (Lipinski definition) is 1. The fourth-order valence-corrected chi connectivity index (χ4v) is 4.60. The average Bonchev–Trinajstić information content (AvgIpc) is 3.29. The number of hydrazine groups is 1. The molecule has 1 saturated heterocycles. The Bertz CT molecular complexity index is 1140. The number of thioether (sulfide) groups is 1. The van der Waals surface area contributed by atoms with Gasteiger partial charge >= 0.3 is 0 Å². The van der Waals surface area contributed by atoms with Crippen LogP contribution in [0.5, 0.6) is 0 Å². The lowest BCUT2D eigenvalue weighted by Gasteiger charge is -2.15. The second kappa shape index (κ2) is 9.09. The van der Waals surface area contributed by atoms with Gasteiger partial charge in [0.15, 0.2) is 9.41 Å². The summed E-state index contributed by atoms with van der Waals surface area (Å²) in [5.74, 6) is -0.299. The van der Waals surface area contributed by atoms with Crippen molar-refractivity contribution < 1.29 is 14.0 Å². The van der Waals surface area contributed by atoms with Gasteiger partial charge in [-0.05, 0) is 60.7 Å². The van der Waals surface area contributed by atoms with E-state index in [1.807, 2.05) is 36.4 Å². The van der Waals surface area contributed by atoms with Crippen molar-refractivity contribution in [1.29, 1.82) is 0 Å². The van der Waals surface area contributed by atoms with E-state index >= 15 is 0 Å². The molecule has 0 saturated carbocycles. The standard InChI is InChI=1S/C21H13ClN2O3S3/c22-14-6-9-16(10-7-14)29-18-11-8-15(27-18)12-17-20(26)24(21(28)30-17)23-19(25)13-4-2-1-3-5-13/h1-12H,(H,23,25)/b17-12-. The summed E-state index contributed by atoms with van der Waals surface area (Å²) in [6.45, 7) is 0. The Morgan fingerprint density at radius 3 is 2.57 bits per heavy atom. The van der Waals surface area contributed by atoms with Gasteiger partial charge in [0, 0.05) is 21.6 Å². The molecule has 1 N–H and O–H groups in total. The average molecular weight is 473 g/mol. The predicted molar refractivity (Wildman–Crippen MR) is 123 cm³/mol. The quantitative estimate of drug-likeness (QED) is 0.383. The van der Waals surface area contributed by atoms with Gasteiger partial charge in [-0.2, -0.15) is 5.01 Å². The zero-order valence-electron chi connectivity index (χ0n) is 15.2. The molecule has 2 amide bonds. The lowest BCUT2D eigenvalue weighted by atomic mass is 10.2. The van der Waals surface area contributed by atoms with Crippen molar-refractivity contribution in [2.45, 2.75) is 9.99 Å². The van der Waals surface area contributed by atoms with Crippen molar-refractivity contribution in [3.63, 3.8) is 0 Å². The first-order valence-electron chi connectivity index (χ1n) is 8.67. The van der Waals surface area contributed by atoms with Crippen LogP contribution < -0.4 is 5.43 Å². The van der Waals surface area contributed by atoms with E-state index in [1.165, 1.54) is 11.8 Å². The van der Waals surface area contributed by atoms with E-state index in [-0.39, 0.29) is 4.32 Å². The van der Waals surface area contributed by atoms with Crippen LogP contribution in [-0.2, 0) is 4.79 Å². The fraction of sp³-hybridized carbons (Fsp3) is 0. The summed E-state index contributed by atoms with van der Waals surface area (Å²) in [5.41, 5.74) is 2.98. The highest BCUT2D eigenvalue weighted by molar-refractivity contribution is 8.26. The molecule has 9 heteroatoms. The van der Waals surface area contributed by atoms with Gasteiger partial charge < -0.3 is 4.42 Å². The minimum Gasteiger partial charge on any atom is -0.450 e. The number of benzene rings is 2. The molecule has 150 valence electrons. The van der Waals surface area contributed by atoms with Crippen molar-refractivity contribution in [2.75, 3.05) is 0 Å². The first-order chi connectivity index (χ1) is 14.5. The van der Waals surface area contributed by atoms with Crippen LogP contribution in [0.25, 0.3) is 6.08 Å². The summed E-state index contributed by atoms with van der Waals surface area (Å²) in [6.07, 6.45) is 1.61. The second-order valence-electron chi connectivity index (χ2n) is 6.04. The molecule has 5 nitrogen and oxygen atoms in total. The number of thiocarbonyl (C=S) groups is 1. The fourth-order valence-electron chi connectivity index (χ4n) is 2.53. The highest BCUT2D eigenvalue weighted by atomic mass is 35.5. The molecule has 2 aromatic carbocycles. The predicted octanol–water partition coefficient (Wildman–Crippen LogP) is 5.63. The van der Waals surface area contributed by atoms with Crippen LogP contribution in [0.2, 0.25) is 5.02 Å². The second-order valence-corrected chi connectivity index (χ2v) is 9.23. The minimum atomic E-state index is -0.409. The molecule has 2 heterocycles. The maximum atomic E-state index is 12.7. The topological polar surface area (TPSA) is 62.6 Å². The molecule has 3 aromatic rings. The molecular formula is C21H13ClN2O3S3. The van der Waals surface area contributed by atoms with Gasteiger partial charge in [0.25, 0.3) is 11.8 Å². The summed E-state index contributed by atoms with van der Waals surface area (Å²) in [6, 6.07) is 19.6. The van der Waals surface area contributed by atoms with Gasteiger partial charge in [-0.25, -0.2) is 0 Å². The van der Waals surface area contributed by atoms with Gasteiger partial charge in [-0.15, -0.1) is 0 Å². The number of carbonyl (C=O) groups is 2. The molecule has 1 aliphatic rings. The highest BCUT2D eigenvalue weighted by Crippen LogP contribution is 2.34. The maximum absolute atomic E-state index is 12.7. The van der Waals surface area contributed by atoms with Crippen molar-refractivity contribution in [2.24, 2.45) is 0 Å². The van der Waals surface area contributed by atoms with Crippen molar-refractivity contribution in [3.05, 3.63) is 88.0 Å². The normalized spacial score (nSPS) is 15.1. The van der Waals surface area contributed by atoms with Crippen LogP contribution in [0.1, 0.15) is 16.1 Å². The minimum absolute atomic E-state index is 0.248. The number of rotatable bonds is 5. The van der Waals surface area contributed by atoms with Gasteiger partial charge in [0.05, 0.1) is 4.91 Å². The zero-order valence-corrected chi connectivity index (χ0v) is 18.4. The summed E-state index contributed by atoms with van der Waals surface area (Å²) in [4.78, 5) is 26.4. The summed E-state index contributed by atoms with van der Waals surface area (Å²) in [7, 11) is 0. The number of hydrogen-bond acceptors (Lipinski definition) is 6. The van der Waals surface area contributed by atoms with Crippen LogP contribution >= 0.6 is 47.3 Å². The third-order valence-corrected chi connectivity index (χ3v) is 6.43. The van der Waals surface area contributed by atoms with E-state index in [1.54, 1.807) is 36.4 Å². The Kier molecular flexibility index (Phi) is 6.29. The third-order valence-electron chi connectivity index (χ3n) is 3.95. The molecule has 0 aliphatic carbocycles. The smallest absolute Gasteiger partial charge is 0.285 e. The van der Waals surface area contributed by atoms with Crippen LogP contribution in [0.3, 0.4) is 0 Å². The van der Waals surface area contributed by atoms with E-state index in [2.05, 4.69) is 5.43 Å². The Balaban J connectivity index is 1.45. The molecule has 1 aromatic heterocycles. The lowest BCUT2D eigenvalue weighted by molar-refractivity contribution is -0.123. The van der Waals surface area contributed by atoms with E-state index in [4.69, 9.17) is 28.2 Å². The SMILES string of the molecule is O=C(NN1C(=O)/C(=C/c2ccc(Sc3ccc(Cl)cc3)o2)SC1=S)c1ccccc1. The van der Waals surface area contributed by atoms with Crippen molar-refractivity contribution in [1.82, 2.24) is 10.4 Å². The molecule has 0 spiro atoms. The maximum Gasteiger partial charge on any atom is 0.285 e. The van der Waals surface area contributed by atoms with Crippen molar-refractivity contribution >= 4 is 69.6 Å². The number of amides is 2. The highest BCUT2D eigenvalue weighted by Gasteiger charge is 2.34. The van der Waals surface area contributed by atoms with E-state index in [9.17, 15) is 9.59 Å². The lowest BCUT2D eigenvalue weighted by Crippen LogP contribution is -2.44. The molecule has 4 rings (SSSR count). The number of nitrogens with one attached hydrogen (secondary N) is 1. The number of furan rings is 1. The monoisotopic (exact) mass is 472 g/mol. The van der Waals surface area contributed by atoms with Crippen LogP contribution in [0.15, 0.2) is 86.0 Å². The molecule has 0 radical (unpaired) electrons. The largest absolute Gasteiger partial charge is 0.450 e. The Morgan fingerprint density at radius 2 is 1.83 bits per heavy atom. The third kappa shape index (κ3) is 4.79. The van der Waals surface area contributed by atoms with E-state index < -0.39 is 11.8 Å². The van der Waals surface area contributed by atoms with E-state index in [0.717, 1.165) is 21.7 Å². The Hall–Kier alpha value is -2.52. The van der Waals surface area contributed by atoms with Gasteiger partial charge in [0.1, 0.15) is 5.76 Å². The molecule has 0 atom stereocenters. The molecule has 1 aliphatic heterocycles. The zero-order chi connectivity index (χ0) is 21.1.